The number of carbonyl (C=O) groups excluding carboxylic acids is 3. The number of nitrogens with two attached hydrogens (primary N) is 1. The lowest BCUT2D eigenvalue weighted by Gasteiger charge is -2.31. The van der Waals surface area contributed by atoms with Crippen LogP contribution in [0.5, 0.6) is 0 Å². The van der Waals surface area contributed by atoms with Crippen molar-refractivity contribution in [1.29, 1.82) is 0 Å². The Balaban J connectivity index is 2.56. The number of carbonyl (C=O) groups is 4. The van der Waals surface area contributed by atoms with Gasteiger partial charge in [-0.25, -0.2) is 9.78 Å². The Morgan fingerprint density at radius 1 is 1.11 bits per heavy atom. The van der Waals surface area contributed by atoms with Crippen molar-refractivity contribution in [3.63, 3.8) is 0 Å². The Hall–Kier alpha value is -3.29. The van der Waals surface area contributed by atoms with Gasteiger partial charge in [-0.3, -0.25) is 19.3 Å². The number of nitrogens with zero attached hydrogens (tertiary/aromatic N) is 2. The number of para-hydroxylation sites is 1. The lowest BCUT2D eigenvalue weighted by Crippen LogP contribution is -2.53. The highest BCUT2D eigenvalue weighted by Crippen LogP contribution is 2.23. The van der Waals surface area contributed by atoms with Gasteiger partial charge in [0.05, 0.1) is 11.9 Å². The van der Waals surface area contributed by atoms with Crippen LogP contribution in [-0.4, -0.2) is 44.7 Å². The van der Waals surface area contributed by atoms with Gasteiger partial charge < -0.3 is 10.8 Å². The largest absolute Gasteiger partial charge is 0.480 e. The number of aromatic nitrogens is 1. The quantitative estimate of drug-likeness (QED) is 0.820. The van der Waals surface area contributed by atoms with E-state index in [1.165, 1.54) is 6.07 Å². The van der Waals surface area contributed by atoms with Gasteiger partial charge in [0.2, 0.25) is 11.8 Å². The molecule has 27 heavy (non-hydrogen) atoms. The molecule has 0 unspecified atom stereocenters. The standard InChI is InChI=1S/C19H21N3O5/c1-19(2,3)18(27)22(14(17(25)26)10-15(20)23)16(24)13-9-8-11-6-4-5-7-12(11)21-13/h4-9,14H,10H2,1-3H3,(H2,20,23)(H,25,26)/t14-/m0/s1. The molecule has 0 fully saturated rings. The van der Waals surface area contributed by atoms with E-state index in [1.807, 2.05) is 12.1 Å². The van der Waals surface area contributed by atoms with Crippen LogP contribution in [0.2, 0.25) is 0 Å². The summed E-state index contributed by atoms with van der Waals surface area (Å²) in [6.45, 7) is 4.64. The van der Waals surface area contributed by atoms with Gasteiger partial charge in [0, 0.05) is 10.8 Å². The minimum Gasteiger partial charge on any atom is -0.480 e. The number of imide groups is 1. The third kappa shape index (κ3) is 4.46. The van der Waals surface area contributed by atoms with E-state index < -0.39 is 41.6 Å². The molecule has 0 radical (unpaired) electrons. The summed E-state index contributed by atoms with van der Waals surface area (Å²) in [5.41, 5.74) is 4.49. The average molecular weight is 371 g/mol. The molecule has 142 valence electrons. The number of aliphatic carboxylic acids is 1. The molecule has 8 heteroatoms. The van der Waals surface area contributed by atoms with Crippen molar-refractivity contribution >= 4 is 34.6 Å². The van der Waals surface area contributed by atoms with Crippen molar-refractivity contribution in [2.24, 2.45) is 11.1 Å². The highest BCUT2D eigenvalue weighted by Gasteiger charge is 2.41. The highest BCUT2D eigenvalue weighted by molar-refractivity contribution is 6.08. The maximum absolute atomic E-state index is 13.0. The van der Waals surface area contributed by atoms with E-state index in [2.05, 4.69) is 4.98 Å². The fourth-order valence-electron chi connectivity index (χ4n) is 2.52. The Bertz CT molecular complexity index is 917. The first-order valence-electron chi connectivity index (χ1n) is 8.27. The smallest absolute Gasteiger partial charge is 0.327 e. The van der Waals surface area contributed by atoms with Gasteiger partial charge in [-0.2, -0.15) is 0 Å². The van der Waals surface area contributed by atoms with Gasteiger partial charge in [0.15, 0.2) is 0 Å². The zero-order valence-electron chi connectivity index (χ0n) is 15.3. The molecule has 0 aliphatic carbocycles. The van der Waals surface area contributed by atoms with Gasteiger partial charge in [-0.15, -0.1) is 0 Å². The van der Waals surface area contributed by atoms with Gasteiger partial charge in [-0.1, -0.05) is 45.0 Å². The van der Waals surface area contributed by atoms with Crippen LogP contribution in [0.3, 0.4) is 0 Å². The van der Waals surface area contributed by atoms with E-state index in [9.17, 15) is 24.3 Å². The fourth-order valence-corrected chi connectivity index (χ4v) is 2.52. The third-order valence-corrected chi connectivity index (χ3v) is 3.89. The topological polar surface area (TPSA) is 131 Å². The van der Waals surface area contributed by atoms with Crippen LogP contribution in [-0.2, 0) is 14.4 Å². The molecule has 0 aliphatic heterocycles. The Labute approximate surface area is 156 Å². The number of hydrogen-bond acceptors (Lipinski definition) is 5. The van der Waals surface area contributed by atoms with E-state index in [-0.39, 0.29) is 5.69 Å². The SMILES string of the molecule is CC(C)(C)C(=O)N(C(=O)c1ccc2ccccc2n1)[C@@H](CC(N)=O)C(=O)O. The van der Waals surface area contributed by atoms with Gasteiger partial charge in [-0.05, 0) is 12.1 Å². The summed E-state index contributed by atoms with van der Waals surface area (Å²) in [6.07, 6.45) is -0.684. The molecule has 1 aromatic heterocycles. The molecule has 0 aliphatic rings. The van der Waals surface area contributed by atoms with E-state index in [1.54, 1.807) is 39.0 Å². The second-order valence-electron chi connectivity index (χ2n) is 7.14. The van der Waals surface area contributed by atoms with E-state index in [4.69, 9.17) is 5.73 Å². The van der Waals surface area contributed by atoms with Crippen LogP contribution in [0.1, 0.15) is 37.7 Å². The molecule has 0 spiro atoms. The highest BCUT2D eigenvalue weighted by atomic mass is 16.4. The first kappa shape index (κ1) is 20.0. The van der Waals surface area contributed by atoms with Crippen LogP contribution in [0, 0.1) is 5.41 Å². The Kier molecular flexibility index (Phi) is 5.58. The lowest BCUT2D eigenvalue weighted by molar-refractivity contribution is -0.152. The molecule has 2 rings (SSSR count). The monoisotopic (exact) mass is 371 g/mol. The number of primary amides is 1. The predicted octanol–water partition coefficient (Wildman–Crippen LogP) is 1.58. The number of amides is 3. The van der Waals surface area contributed by atoms with E-state index >= 15 is 0 Å². The van der Waals surface area contributed by atoms with Crippen molar-refractivity contribution in [2.75, 3.05) is 0 Å². The molecule has 1 heterocycles. The summed E-state index contributed by atoms with van der Waals surface area (Å²) in [5.74, 6) is -4.07. The van der Waals surface area contributed by atoms with Crippen molar-refractivity contribution in [1.82, 2.24) is 9.88 Å². The number of carboxylic acid groups (broad SMARTS) is 1. The summed E-state index contributed by atoms with van der Waals surface area (Å²) in [6, 6.07) is 8.41. The summed E-state index contributed by atoms with van der Waals surface area (Å²) in [4.78, 5) is 53.7. The molecule has 0 saturated heterocycles. The van der Waals surface area contributed by atoms with Crippen LogP contribution in [0.15, 0.2) is 36.4 Å². The molecule has 3 amide bonds. The molecule has 2 aromatic rings. The fraction of sp³-hybridized carbons (Fsp3) is 0.316. The predicted molar refractivity (Wildman–Crippen MR) is 97.6 cm³/mol. The average Bonchev–Trinajstić information content (AvgIpc) is 2.59. The number of carboxylic acids is 1. The lowest BCUT2D eigenvalue weighted by atomic mass is 9.93. The summed E-state index contributed by atoms with van der Waals surface area (Å²) >= 11 is 0. The molecule has 1 atom stereocenters. The molecule has 1 aromatic carbocycles. The minimum absolute atomic E-state index is 0.0954. The molecular formula is C19H21N3O5. The maximum atomic E-state index is 13.0. The number of hydrogen-bond donors (Lipinski definition) is 2. The van der Waals surface area contributed by atoms with Crippen molar-refractivity contribution in [2.45, 2.75) is 33.2 Å². The Morgan fingerprint density at radius 3 is 2.30 bits per heavy atom. The number of rotatable bonds is 5. The number of benzene rings is 1. The summed E-state index contributed by atoms with van der Waals surface area (Å²) < 4.78 is 0. The van der Waals surface area contributed by atoms with Crippen molar-refractivity contribution in [3.8, 4) is 0 Å². The molecule has 0 saturated carbocycles. The Morgan fingerprint density at radius 2 is 1.74 bits per heavy atom. The van der Waals surface area contributed by atoms with Gasteiger partial charge >= 0.3 is 5.97 Å². The van der Waals surface area contributed by atoms with Gasteiger partial charge in [0.25, 0.3) is 5.91 Å². The normalized spacial score (nSPS) is 12.4. The third-order valence-electron chi connectivity index (χ3n) is 3.89. The van der Waals surface area contributed by atoms with E-state index in [0.29, 0.717) is 10.4 Å². The molecular weight excluding hydrogens is 350 g/mol. The molecule has 3 N–H and O–H groups in total. The zero-order chi connectivity index (χ0) is 20.4. The first-order valence-corrected chi connectivity index (χ1v) is 8.27. The maximum Gasteiger partial charge on any atom is 0.327 e. The van der Waals surface area contributed by atoms with Crippen LogP contribution in [0.25, 0.3) is 10.9 Å². The zero-order valence-corrected chi connectivity index (χ0v) is 15.3. The second-order valence-corrected chi connectivity index (χ2v) is 7.14. The van der Waals surface area contributed by atoms with Gasteiger partial charge in [0.1, 0.15) is 11.7 Å². The molecule has 8 nitrogen and oxygen atoms in total. The molecule has 0 bridgehead atoms. The summed E-state index contributed by atoms with van der Waals surface area (Å²) in [5, 5.41) is 10.3. The summed E-state index contributed by atoms with van der Waals surface area (Å²) in [7, 11) is 0. The number of pyridine rings is 1. The minimum atomic E-state index is -1.71. The second kappa shape index (κ2) is 7.53. The van der Waals surface area contributed by atoms with Crippen molar-refractivity contribution in [3.05, 3.63) is 42.1 Å². The van der Waals surface area contributed by atoms with Crippen LogP contribution < -0.4 is 5.73 Å². The van der Waals surface area contributed by atoms with Crippen LogP contribution >= 0.6 is 0 Å². The number of fused-ring (bicyclic) bond motifs is 1. The van der Waals surface area contributed by atoms with Crippen LogP contribution in [0.4, 0.5) is 0 Å². The van der Waals surface area contributed by atoms with Crippen molar-refractivity contribution < 1.29 is 24.3 Å². The first-order chi connectivity index (χ1) is 12.5. The van der Waals surface area contributed by atoms with E-state index in [0.717, 1.165) is 5.39 Å².